The lowest BCUT2D eigenvalue weighted by atomic mass is 9.36. The van der Waals surface area contributed by atoms with E-state index >= 15 is 0 Å². The number of hydrogen-bond donors (Lipinski definition) is 1. The van der Waals surface area contributed by atoms with Gasteiger partial charge in [-0.05, 0) is 71.3 Å². The van der Waals surface area contributed by atoms with E-state index in [9.17, 15) is 23.1 Å². The number of hydrogen-bond acceptors (Lipinski definition) is 3. The minimum Gasteiger partial charge on any atom is -0.477 e. The van der Waals surface area contributed by atoms with E-state index in [2.05, 4.69) is 4.99 Å². The van der Waals surface area contributed by atoms with Crippen molar-refractivity contribution in [3.63, 3.8) is 0 Å². The molecule has 234 valence electrons. The molecule has 0 unspecified atom stereocenters. The number of ether oxygens (including phenoxy) is 1. The van der Waals surface area contributed by atoms with Crippen molar-refractivity contribution in [3.8, 4) is 0 Å². The van der Waals surface area contributed by atoms with Crippen LogP contribution in [0.25, 0.3) is 11.1 Å². The van der Waals surface area contributed by atoms with Crippen LogP contribution >= 0.6 is 0 Å². The number of rotatable bonds is 9. The summed E-state index contributed by atoms with van der Waals surface area (Å²) < 4.78 is 48.2. The molecule has 0 atom stereocenters. The molecule has 1 N–H and O–H groups in total. The first-order valence-corrected chi connectivity index (χ1v) is 15.1. The molecule has 1 aliphatic heterocycles. The lowest BCUT2D eigenvalue weighted by Crippen LogP contribution is -2.50. The lowest BCUT2D eigenvalue weighted by Gasteiger charge is -2.19. The molecule has 1 heterocycles. The molecule has 0 saturated heterocycles. The Morgan fingerprint density at radius 2 is 1.17 bits per heavy atom. The van der Waals surface area contributed by atoms with Gasteiger partial charge in [0.05, 0.1) is 6.26 Å². The van der Waals surface area contributed by atoms with Gasteiger partial charge in [0.1, 0.15) is 28.9 Å². The molecule has 5 aromatic rings. The normalized spacial score (nSPS) is 14.2. The number of carboxylic acid groups (broad SMARTS) is 1. The highest BCUT2D eigenvalue weighted by molar-refractivity contribution is 7.10. The highest BCUT2D eigenvalue weighted by Crippen LogP contribution is 2.33. The fraction of sp³-hybridized carbons (Fsp3) is 0. The summed E-state index contributed by atoms with van der Waals surface area (Å²) in [6.07, 6.45) is 6.46. The van der Waals surface area contributed by atoms with Gasteiger partial charge in [0.15, 0.2) is 0 Å². The first-order valence-electron chi connectivity index (χ1n) is 15.1. The number of nitrogens with zero attached hydrogens (tertiary/aromatic N) is 1. The van der Waals surface area contributed by atoms with Gasteiger partial charge < -0.3 is 9.84 Å². The summed E-state index contributed by atoms with van der Waals surface area (Å²) in [5.41, 5.74) is 4.83. The number of carbonyl (C=O) groups is 1. The number of benzene rings is 5. The topological polar surface area (TPSA) is 58.9 Å². The van der Waals surface area contributed by atoms with Crippen LogP contribution in [0.3, 0.4) is 0 Å². The second-order valence-electron chi connectivity index (χ2n) is 10.9. The summed E-state index contributed by atoms with van der Waals surface area (Å²) in [5, 5.41) is 10.4. The quantitative estimate of drug-likeness (QED) is 0.102. The summed E-state index contributed by atoms with van der Waals surface area (Å²) in [4.78, 5) is 17.4. The number of aliphatic carboxylic acids is 1. The van der Waals surface area contributed by atoms with Gasteiger partial charge in [-0.3, -0.25) is 4.99 Å². The summed E-state index contributed by atoms with van der Waals surface area (Å²) >= 11 is 0. The van der Waals surface area contributed by atoms with Gasteiger partial charge in [0.2, 0.25) is 0 Å². The second-order valence-corrected chi connectivity index (χ2v) is 10.9. The first kappa shape index (κ1) is 31.8. The van der Waals surface area contributed by atoms with Crippen molar-refractivity contribution in [1.82, 2.24) is 0 Å². The van der Waals surface area contributed by atoms with Gasteiger partial charge in [-0.2, -0.15) is 0 Å². The van der Waals surface area contributed by atoms with E-state index in [-0.39, 0.29) is 11.3 Å². The van der Waals surface area contributed by atoms with Gasteiger partial charge in [0, 0.05) is 16.8 Å². The van der Waals surface area contributed by atoms with Gasteiger partial charge in [-0.1, -0.05) is 108 Å². The molecule has 0 aliphatic carbocycles. The van der Waals surface area contributed by atoms with E-state index < -0.39 is 30.1 Å². The van der Waals surface area contributed by atoms with Crippen molar-refractivity contribution in [1.29, 1.82) is 0 Å². The molecule has 0 aromatic heterocycles. The molecule has 48 heavy (non-hydrogen) atoms. The van der Waals surface area contributed by atoms with Crippen LogP contribution < -0.4 is 10.9 Å². The molecule has 0 fully saturated rings. The van der Waals surface area contributed by atoms with E-state index in [1.807, 2.05) is 66.7 Å². The largest absolute Gasteiger partial charge is 0.477 e. The summed E-state index contributed by atoms with van der Waals surface area (Å²) in [7, 11) is 0. The zero-order valence-corrected chi connectivity index (χ0v) is 25.4. The van der Waals surface area contributed by atoms with Gasteiger partial charge >= 0.3 is 5.97 Å². The van der Waals surface area contributed by atoms with E-state index in [0.717, 1.165) is 22.3 Å². The predicted molar refractivity (Wildman–Crippen MR) is 184 cm³/mol. The summed E-state index contributed by atoms with van der Waals surface area (Å²) in [6.45, 7) is -0.769. The zero-order chi connectivity index (χ0) is 33.5. The lowest BCUT2D eigenvalue weighted by molar-refractivity contribution is -0.132. The molecule has 4 nitrogen and oxygen atoms in total. The van der Waals surface area contributed by atoms with Crippen LogP contribution in [0, 0.1) is 17.5 Å². The van der Waals surface area contributed by atoms with Crippen molar-refractivity contribution in [2.75, 3.05) is 0 Å². The Morgan fingerprint density at radius 1 is 0.667 bits per heavy atom. The maximum atomic E-state index is 14.1. The highest BCUT2D eigenvalue weighted by Gasteiger charge is 2.28. The number of halogens is 3. The molecular weight excluding hydrogens is 610 g/mol. The zero-order valence-electron chi connectivity index (χ0n) is 25.4. The van der Waals surface area contributed by atoms with Crippen LogP contribution in [0.2, 0.25) is 0 Å². The molecule has 5 aromatic carbocycles. The molecule has 0 saturated carbocycles. The average Bonchev–Trinajstić information content (AvgIpc) is 3.12. The van der Waals surface area contributed by atoms with Crippen LogP contribution in [0.4, 0.5) is 13.2 Å². The van der Waals surface area contributed by atoms with Crippen LogP contribution in [-0.4, -0.2) is 23.4 Å². The Kier molecular flexibility index (Phi) is 9.63. The Bertz CT molecular complexity index is 2030. The maximum Gasteiger partial charge on any atom is 0.354 e. The van der Waals surface area contributed by atoms with Crippen LogP contribution in [-0.2, 0) is 9.53 Å². The minimum absolute atomic E-state index is 0.231. The maximum absolute atomic E-state index is 14.1. The van der Waals surface area contributed by atoms with Gasteiger partial charge in [-0.25, -0.2) is 18.0 Å². The molecule has 0 amide bonds. The SMILES string of the molecule is O=C(O)C(=CC=C1OC=C(c2ccccc2)C=C1c1ccccc1)N=C(B(c1ccc(F)cc1)c1ccc(F)cc1)c1ccc(F)cc1. The van der Waals surface area contributed by atoms with Gasteiger partial charge in [0.25, 0.3) is 6.71 Å². The number of aliphatic imine (C=N–C) groups is 1. The Labute approximate surface area is 276 Å². The Hall–Kier alpha value is -6.15. The van der Waals surface area contributed by atoms with E-state index in [1.54, 1.807) is 30.5 Å². The molecule has 6 rings (SSSR count). The van der Waals surface area contributed by atoms with Crippen LogP contribution in [0.5, 0.6) is 0 Å². The van der Waals surface area contributed by atoms with E-state index in [0.29, 0.717) is 22.2 Å². The average molecular weight is 637 g/mol. The third-order valence-electron chi connectivity index (χ3n) is 7.74. The Morgan fingerprint density at radius 3 is 1.69 bits per heavy atom. The monoisotopic (exact) mass is 637 g/mol. The number of carboxylic acids is 1. The third kappa shape index (κ3) is 7.45. The first-order chi connectivity index (χ1) is 23.4. The molecule has 0 spiro atoms. The number of allylic oxidation sites excluding steroid dienone is 5. The highest BCUT2D eigenvalue weighted by atomic mass is 19.1. The molecule has 8 heteroatoms. The molecule has 0 radical (unpaired) electrons. The fourth-order valence-electron chi connectivity index (χ4n) is 5.38. The third-order valence-corrected chi connectivity index (χ3v) is 7.74. The van der Waals surface area contributed by atoms with E-state index in [4.69, 9.17) is 4.74 Å². The Balaban J connectivity index is 1.50. The predicted octanol–water partition coefficient (Wildman–Crippen LogP) is 7.75. The smallest absolute Gasteiger partial charge is 0.354 e. The van der Waals surface area contributed by atoms with Crippen molar-refractivity contribution in [2.24, 2.45) is 4.99 Å². The minimum atomic E-state index is -1.33. The van der Waals surface area contributed by atoms with Crippen molar-refractivity contribution in [2.45, 2.75) is 0 Å². The van der Waals surface area contributed by atoms with E-state index in [1.165, 1.54) is 60.7 Å². The summed E-state index contributed by atoms with van der Waals surface area (Å²) in [5.74, 6) is -2.35. The molecular formula is C40H27BF3NO3. The molecule has 1 aliphatic rings. The second kappa shape index (κ2) is 14.5. The van der Waals surface area contributed by atoms with Crippen LogP contribution in [0.15, 0.2) is 174 Å². The van der Waals surface area contributed by atoms with Crippen molar-refractivity contribution < 1.29 is 27.8 Å². The van der Waals surface area contributed by atoms with Gasteiger partial charge in [-0.15, -0.1) is 0 Å². The molecule has 0 bridgehead atoms. The fourth-order valence-corrected chi connectivity index (χ4v) is 5.38. The summed E-state index contributed by atoms with van der Waals surface area (Å²) in [6, 6.07) is 36.1. The standard InChI is InChI=1S/C40H27BF3NO3/c42-33-17-11-29(12-18-33)39(41(31-13-19-34(43)20-14-31)32-15-21-35(44)22-16-32)45-37(40(46)47)23-24-38-36(28-9-5-2-6-10-28)25-30(26-48-38)27-7-3-1-4-8-27/h1-26H,(H,46,47). The van der Waals surface area contributed by atoms with Crippen molar-refractivity contribution >= 4 is 40.4 Å². The van der Waals surface area contributed by atoms with Crippen LogP contribution in [0.1, 0.15) is 16.7 Å². The van der Waals surface area contributed by atoms with Crippen molar-refractivity contribution in [3.05, 3.63) is 204 Å².